The molecule has 0 aliphatic carbocycles. The summed E-state index contributed by atoms with van der Waals surface area (Å²) < 4.78 is 14.7. The van der Waals surface area contributed by atoms with Gasteiger partial charge in [-0.1, -0.05) is 100 Å². The molecule has 65 heavy (non-hydrogen) atoms. The Morgan fingerprint density at radius 2 is 1.17 bits per heavy atom. The molecule has 1 amide bonds. The fraction of sp³-hybridized carbons (Fsp3) is 0.318. The molecule has 3 heterocycles. The van der Waals surface area contributed by atoms with E-state index >= 15 is 0 Å². The number of nitrogens with one attached hydrogen (secondary N) is 1. The Balaban J connectivity index is 0.000000397. The Kier molecular flexibility index (Phi) is 23.4. The van der Waals surface area contributed by atoms with Crippen molar-refractivity contribution >= 4 is 72.3 Å². The zero-order chi connectivity index (χ0) is 45.4. The normalized spacial score (nSPS) is 18.2. The van der Waals surface area contributed by atoms with Gasteiger partial charge in [0.05, 0.1) is 31.0 Å². The summed E-state index contributed by atoms with van der Waals surface area (Å²) in [6, 6.07) is 27.8. The van der Waals surface area contributed by atoms with E-state index in [0.29, 0.717) is 28.9 Å². The fourth-order valence-corrected chi connectivity index (χ4v) is 7.95. The SMILES string of the molecule is CC(C(=O)[O-])C(C(=O)[O-])C(C(=O)Nc1ccc2c(c1)B(O)OC2)C(C(=O)[O-])C(C)c1ccccc1.CC1C(=O)OC(=O)C1C(C)c1ccccc1.Nc1ccc2c(c1)B(O)OC2.[Na+].[Na+].[Na+]. The van der Waals surface area contributed by atoms with E-state index in [4.69, 9.17) is 15.0 Å². The van der Waals surface area contributed by atoms with E-state index in [-0.39, 0.29) is 119 Å². The van der Waals surface area contributed by atoms with Crippen LogP contribution in [-0.2, 0) is 56.0 Å². The molecule has 8 atom stereocenters. The van der Waals surface area contributed by atoms with Gasteiger partial charge in [0.2, 0.25) is 5.91 Å². The number of esters is 2. The van der Waals surface area contributed by atoms with Crippen LogP contribution >= 0.6 is 0 Å². The summed E-state index contributed by atoms with van der Waals surface area (Å²) in [7, 11) is -2.01. The summed E-state index contributed by atoms with van der Waals surface area (Å²) >= 11 is 0. The summed E-state index contributed by atoms with van der Waals surface area (Å²) in [6.07, 6.45) is 0. The molecule has 3 aliphatic heterocycles. The first-order valence-electron chi connectivity index (χ1n) is 19.8. The number of carbonyl (C=O) groups is 6. The van der Waals surface area contributed by atoms with Crippen molar-refractivity contribution in [3.8, 4) is 0 Å². The predicted molar refractivity (Wildman–Crippen MR) is 219 cm³/mol. The minimum Gasteiger partial charge on any atom is -0.550 e. The molecule has 0 aromatic heterocycles. The van der Waals surface area contributed by atoms with Crippen LogP contribution in [0, 0.1) is 35.5 Å². The number of benzene rings is 4. The first kappa shape index (κ1) is 57.8. The Bertz CT molecular complexity index is 2300. The molecular formula is C44H45B2N2Na3O14. The van der Waals surface area contributed by atoms with E-state index in [9.17, 15) is 54.1 Å². The van der Waals surface area contributed by atoms with Crippen molar-refractivity contribution in [2.24, 2.45) is 35.5 Å². The molecule has 16 nitrogen and oxygen atoms in total. The van der Waals surface area contributed by atoms with Gasteiger partial charge in [-0.3, -0.25) is 14.4 Å². The fourth-order valence-electron chi connectivity index (χ4n) is 7.95. The number of fused-ring (bicyclic) bond motifs is 2. The third kappa shape index (κ3) is 14.3. The Labute approximate surface area is 443 Å². The van der Waals surface area contributed by atoms with Crippen molar-refractivity contribution in [2.45, 2.75) is 52.7 Å². The number of carboxylic acid groups (broad SMARTS) is 3. The number of nitrogens with two attached hydrogens (primary N) is 1. The molecule has 4 aromatic rings. The molecule has 21 heteroatoms. The average Bonchev–Trinajstić information content (AvgIpc) is 3.89. The van der Waals surface area contributed by atoms with Gasteiger partial charge in [0.15, 0.2) is 0 Å². The van der Waals surface area contributed by atoms with Crippen LogP contribution in [0.4, 0.5) is 11.4 Å². The minimum absolute atomic E-state index is 0. The van der Waals surface area contributed by atoms with Gasteiger partial charge in [-0.25, -0.2) is 0 Å². The van der Waals surface area contributed by atoms with Gasteiger partial charge in [-0.05, 0) is 69.3 Å². The Morgan fingerprint density at radius 1 is 0.677 bits per heavy atom. The first-order chi connectivity index (χ1) is 29.4. The van der Waals surface area contributed by atoms with Gasteiger partial charge < -0.3 is 64.8 Å². The summed E-state index contributed by atoms with van der Waals surface area (Å²) in [6.45, 7) is 6.84. The van der Waals surface area contributed by atoms with E-state index in [2.05, 4.69) is 10.1 Å². The smallest absolute Gasteiger partial charge is 0.550 e. The molecule has 0 bridgehead atoms. The molecule has 1 saturated heterocycles. The summed E-state index contributed by atoms with van der Waals surface area (Å²) in [4.78, 5) is 72.3. The number of anilines is 2. The van der Waals surface area contributed by atoms with E-state index in [1.165, 1.54) is 19.1 Å². The van der Waals surface area contributed by atoms with E-state index in [1.54, 1.807) is 55.5 Å². The van der Waals surface area contributed by atoms with Crippen molar-refractivity contribution in [2.75, 3.05) is 11.1 Å². The van der Waals surface area contributed by atoms with Crippen molar-refractivity contribution in [1.82, 2.24) is 0 Å². The molecular weight excluding hydrogens is 871 g/mol. The Hall–Kier alpha value is -3.33. The topological polar surface area (TPSA) is 278 Å². The average molecular weight is 916 g/mol. The van der Waals surface area contributed by atoms with Crippen LogP contribution in [0.1, 0.15) is 61.8 Å². The summed E-state index contributed by atoms with van der Waals surface area (Å²) in [5.41, 5.74) is 10.7. The van der Waals surface area contributed by atoms with Crippen LogP contribution in [0.5, 0.6) is 0 Å². The third-order valence-electron chi connectivity index (χ3n) is 11.6. The van der Waals surface area contributed by atoms with Crippen molar-refractivity contribution < 1.29 is 157 Å². The Morgan fingerprint density at radius 3 is 1.65 bits per heavy atom. The quantitative estimate of drug-likeness (QED) is 0.0445. The number of hydrogen-bond donors (Lipinski definition) is 4. The standard InChI is InChI=1S/C24H26BNO9.C13H14O3.C7H8BNO2.3Na/c1-12(14-6-4-3-5-7-14)18(23(30)31)20(19(24(32)33)13(2)22(28)29)21(27)26-16-9-8-15-11-35-25(34)17(15)10-16;1-8(10-6-4-3-5-7-10)11-9(2)12(14)16-13(11)15;9-6-2-1-5-4-11-8(10)7(5)3-6;;;/h3-10,12-13,18-20,34H,11H2,1-2H3,(H,26,27)(H,28,29)(H,30,31)(H,32,33);3-9,11H,1-2H3;1-3,10H,4,9H2;;;/q;;;3*+1/p-3. The minimum atomic E-state index is -2.04. The molecule has 0 radical (unpaired) electrons. The number of aliphatic carboxylic acids is 3. The van der Waals surface area contributed by atoms with Gasteiger partial charge in [0.1, 0.15) is 0 Å². The second kappa shape index (κ2) is 26.3. The van der Waals surface area contributed by atoms with Crippen LogP contribution < -0.4 is 126 Å². The number of carboxylic acids is 3. The molecule has 5 N–H and O–H groups in total. The van der Waals surface area contributed by atoms with Crippen LogP contribution in [0.25, 0.3) is 0 Å². The second-order valence-electron chi connectivity index (χ2n) is 15.5. The zero-order valence-corrected chi connectivity index (χ0v) is 43.3. The van der Waals surface area contributed by atoms with E-state index in [1.807, 2.05) is 43.3 Å². The van der Waals surface area contributed by atoms with Crippen molar-refractivity contribution in [3.05, 3.63) is 119 Å². The van der Waals surface area contributed by atoms with Gasteiger partial charge in [-0.2, -0.15) is 0 Å². The number of carbonyl (C=O) groups excluding carboxylic acids is 6. The predicted octanol–water partition coefficient (Wildman–Crippen LogP) is -9.99. The van der Waals surface area contributed by atoms with E-state index < -0.39 is 79.6 Å². The number of nitrogen functional groups attached to an aromatic ring is 1. The van der Waals surface area contributed by atoms with Gasteiger partial charge in [-0.15, -0.1) is 0 Å². The number of rotatable bonds is 12. The molecule has 3 aliphatic rings. The molecule has 324 valence electrons. The van der Waals surface area contributed by atoms with Gasteiger partial charge in [0, 0.05) is 47.0 Å². The molecule has 0 spiro atoms. The number of amides is 1. The number of hydrogen-bond acceptors (Lipinski definition) is 15. The van der Waals surface area contributed by atoms with Gasteiger partial charge >= 0.3 is 115 Å². The third-order valence-corrected chi connectivity index (χ3v) is 11.6. The maximum atomic E-state index is 13.4. The van der Waals surface area contributed by atoms with Crippen molar-refractivity contribution in [3.63, 3.8) is 0 Å². The van der Waals surface area contributed by atoms with Crippen LogP contribution in [0.3, 0.4) is 0 Å². The van der Waals surface area contributed by atoms with Crippen LogP contribution in [0.15, 0.2) is 97.1 Å². The maximum absolute atomic E-state index is 13.4. The molecule has 8 unspecified atom stereocenters. The molecule has 7 rings (SSSR count). The summed E-state index contributed by atoms with van der Waals surface area (Å²) in [5.74, 6) is -16.3. The van der Waals surface area contributed by atoms with Crippen molar-refractivity contribution in [1.29, 1.82) is 0 Å². The zero-order valence-electron chi connectivity index (χ0n) is 37.3. The maximum Gasteiger partial charge on any atom is 1.00 e. The number of cyclic esters (lactones) is 2. The molecule has 0 saturated carbocycles. The molecule has 4 aromatic carbocycles. The number of ether oxygens (including phenoxy) is 1. The van der Waals surface area contributed by atoms with Crippen LogP contribution in [-0.4, -0.2) is 60.0 Å². The largest absolute Gasteiger partial charge is 1.00 e. The summed E-state index contributed by atoms with van der Waals surface area (Å²) in [5, 5.41) is 57.6. The second-order valence-corrected chi connectivity index (χ2v) is 15.5. The van der Waals surface area contributed by atoms with Crippen LogP contribution in [0.2, 0.25) is 0 Å². The van der Waals surface area contributed by atoms with Gasteiger partial charge in [0.25, 0.3) is 0 Å². The first-order valence-corrected chi connectivity index (χ1v) is 19.8. The monoisotopic (exact) mass is 916 g/mol. The van der Waals surface area contributed by atoms with E-state index in [0.717, 1.165) is 23.5 Å². The molecule has 1 fully saturated rings.